The third kappa shape index (κ3) is 7.50. The molecule has 0 aliphatic carbocycles. The van der Waals surface area contributed by atoms with Gasteiger partial charge in [-0.3, -0.25) is 9.79 Å². The Morgan fingerprint density at radius 2 is 1.94 bits per heavy atom. The second kappa shape index (κ2) is 11.5. The number of benzene rings is 1. The van der Waals surface area contributed by atoms with E-state index >= 15 is 0 Å². The number of likely N-dealkylation sites (N-methyl/N-ethyl adjacent to an activating group) is 1. The monoisotopic (exact) mass is 479 g/mol. The van der Waals surface area contributed by atoms with Gasteiger partial charge in [0.15, 0.2) is 5.90 Å². The molecule has 0 spiro atoms. The molecule has 7 nitrogen and oxygen atoms in total. The van der Waals surface area contributed by atoms with Crippen molar-refractivity contribution >= 4 is 17.6 Å². The maximum Gasteiger partial charge on any atom is 0.573 e. The molecular weight excluding hydrogens is 451 g/mol. The number of halogens is 3. The predicted molar refractivity (Wildman–Crippen MR) is 123 cm³/mol. The van der Waals surface area contributed by atoms with Crippen molar-refractivity contribution < 1.29 is 32.2 Å². The minimum absolute atomic E-state index is 0.0757. The quantitative estimate of drug-likeness (QED) is 0.279. The first-order valence-corrected chi connectivity index (χ1v) is 10.5. The summed E-state index contributed by atoms with van der Waals surface area (Å²) in [5, 5.41) is 0. The Kier molecular flexibility index (Phi) is 9.05. The van der Waals surface area contributed by atoms with Crippen LogP contribution >= 0.6 is 0 Å². The van der Waals surface area contributed by atoms with Crippen LogP contribution in [0.5, 0.6) is 11.6 Å². The summed E-state index contributed by atoms with van der Waals surface area (Å²) in [7, 11) is 1.59. The zero-order valence-corrected chi connectivity index (χ0v) is 19.8. The number of amides is 1. The molecule has 10 heteroatoms. The molecule has 0 N–H and O–H groups in total. The Hall–Kier alpha value is -3.56. The molecule has 0 saturated carbocycles. The van der Waals surface area contributed by atoms with Gasteiger partial charge in [0.25, 0.3) is 5.91 Å². The first-order chi connectivity index (χ1) is 15.9. The van der Waals surface area contributed by atoms with E-state index in [0.717, 1.165) is 17.8 Å². The first-order valence-electron chi connectivity index (χ1n) is 10.5. The van der Waals surface area contributed by atoms with E-state index in [9.17, 15) is 18.0 Å². The lowest BCUT2D eigenvalue weighted by atomic mass is 10.0. The summed E-state index contributed by atoms with van der Waals surface area (Å²) < 4.78 is 51.8. The molecule has 2 aromatic rings. The van der Waals surface area contributed by atoms with Crippen molar-refractivity contribution in [3.63, 3.8) is 0 Å². The smallest absolute Gasteiger partial charge is 0.475 e. The Balaban J connectivity index is 2.14. The van der Waals surface area contributed by atoms with E-state index in [4.69, 9.17) is 9.47 Å². The number of carbonyl (C=O) groups is 1. The molecule has 1 atom stereocenters. The second-order valence-corrected chi connectivity index (χ2v) is 7.45. The molecule has 1 aromatic carbocycles. The standard InChI is InChI=1S/C24H28F3N3O4/c1-7-30(16(3)14-32-22-11-9-19(13-29-22)34-24(25,26)27)23(31)20-10-8-15(2)12-21(20)17(4)33-18(5)28-6/h8-13,16H,4,7,14H2,1-3,5-6H3/t16-/m0/s1. The highest BCUT2D eigenvalue weighted by molar-refractivity contribution is 5.99. The maximum absolute atomic E-state index is 13.4. The van der Waals surface area contributed by atoms with Crippen LogP contribution in [0.1, 0.15) is 42.3 Å². The third-order valence-electron chi connectivity index (χ3n) is 4.84. The predicted octanol–water partition coefficient (Wildman–Crippen LogP) is 5.25. The Labute approximate surface area is 196 Å². The summed E-state index contributed by atoms with van der Waals surface area (Å²) in [6, 6.07) is 7.37. The van der Waals surface area contributed by atoms with Crippen molar-refractivity contribution in [2.45, 2.75) is 40.1 Å². The fourth-order valence-corrected chi connectivity index (χ4v) is 3.11. The van der Waals surface area contributed by atoms with Gasteiger partial charge in [0.05, 0.1) is 17.8 Å². The molecular formula is C24H28F3N3O4. The molecule has 184 valence electrons. The van der Waals surface area contributed by atoms with E-state index in [1.807, 2.05) is 26.0 Å². The van der Waals surface area contributed by atoms with Gasteiger partial charge in [-0.2, -0.15) is 0 Å². The SMILES string of the molecule is C=C(OC(C)=NC)c1cc(C)ccc1C(=O)N(CC)[C@@H](C)COc1ccc(OC(F)(F)F)cn1. The molecule has 0 aliphatic rings. The fourth-order valence-electron chi connectivity index (χ4n) is 3.11. The highest BCUT2D eigenvalue weighted by Gasteiger charge is 2.31. The van der Waals surface area contributed by atoms with Crippen molar-refractivity contribution in [3.05, 3.63) is 59.8 Å². The van der Waals surface area contributed by atoms with E-state index in [1.54, 1.807) is 31.9 Å². The third-order valence-corrected chi connectivity index (χ3v) is 4.84. The number of nitrogens with zero attached hydrogens (tertiary/aromatic N) is 3. The molecule has 0 unspecified atom stereocenters. The number of pyridine rings is 1. The van der Waals surface area contributed by atoms with Crippen molar-refractivity contribution in [3.8, 4) is 11.6 Å². The lowest BCUT2D eigenvalue weighted by Gasteiger charge is -2.29. The zero-order chi connectivity index (χ0) is 25.5. The van der Waals surface area contributed by atoms with Gasteiger partial charge in [0.1, 0.15) is 18.1 Å². The van der Waals surface area contributed by atoms with E-state index < -0.39 is 12.1 Å². The van der Waals surface area contributed by atoms with Gasteiger partial charge in [-0.15, -0.1) is 13.2 Å². The Morgan fingerprint density at radius 1 is 1.24 bits per heavy atom. The lowest BCUT2D eigenvalue weighted by Crippen LogP contribution is -2.42. The number of aliphatic imine (C=N–C) groups is 1. The van der Waals surface area contributed by atoms with E-state index in [0.29, 0.717) is 29.3 Å². The van der Waals surface area contributed by atoms with Crippen LogP contribution in [0, 0.1) is 6.92 Å². The number of carbonyl (C=O) groups excluding carboxylic acids is 1. The van der Waals surface area contributed by atoms with Crippen LogP contribution in [-0.2, 0) is 4.74 Å². The molecule has 0 radical (unpaired) electrons. The number of hydrogen-bond donors (Lipinski definition) is 0. The summed E-state index contributed by atoms with van der Waals surface area (Å²) in [5.41, 5.74) is 1.91. The number of aromatic nitrogens is 1. The Morgan fingerprint density at radius 3 is 2.50 bits per heavy atom. The molecule has 1 amide bonds. The van der Waals surface area contributed by atoms with Gasteiger partial charge in [0.2, 0.25) is 5.88 Å². The van der Waals surface area contributed by atoms with E-state index in [2.05, 4.69) is 21.3 Å². The minimum Gasteiger partial charge on any atom is -0.475 e. The number of rotatable bonds is 9. The van der Waals surface area contributed by atoms with Crippen LogP contribution in [-0.4, -0.2) is 54.3 Å². The van der Waals surface area contributed by atoms with E-state index in [1.165, 1.54) is 6.07 Å². The summed E-state index contributed by atoms with van der Waals surface area (Å²) in [4.78, 5) is 22.8. The summed E-state index contributed by atoms with van der Waals surface area (Å²) in [6.07, 6.45) is -3.88. The largest absolute Gasteiger partial charge is 0.573 e. The van der Waals surface area contributed by atoms with Crippen LogP contribution in [0.4, 0.5) is 13.2 Å². The van der Waals surface area contributed by atoms with Crippen LogP contribution < -0.4 is 9.47 Å². The van der Waals surface area contributed by atoms with Crippen molar-refractivity contribution in [1.29, 1.82) is 0 Å². The zero-order valence-electron chi connectivity index (χ0n) is 19.8. The number of aryl methyl sites for hydroxylation is 1. The molecule has 0 fully saturated rings. The summed E-state index contributed by atoms with van der Waals surface area (Å²) >= 11 is 0. The molecule has 1 aromatic heterocycles. The van der Waals surface area contributed by atoms with Crippen molar-refractivity contribution in [2.75, 3.05) is 20.2 Å². The maximum atomic E-state index is 13.4. The van der Waals surface area contributed by atoms with Crippen LogP contribution in [0.3, 0.4) is 0 Å². The number of hydrogen-bond acceptors (Lipinski definition) is 6. The number of alkyl halides is 3. The van der Waals surface area contributed by atoms with E-state index in [-0.39, 0.29) is 24.4 Å². The topological polar surface area (TPSA) is 73.2 Å². The minimum atomic E-state index is -4.80. The van der Waals surface area contributed by atoms with Gasteiger partial charge in [-0.25, -0.2) is 4.98 Å². The van der Waals surface area contributed by atoms with Gasteiger partial charge in [0, 0.05) is 32.1 Å². The normalized spacial score (nSPS) is 12.6. The van der Waals surface area contributed by atoms with Crippen LogP contribution in [0.25, 0.3) is 5.76 Å². The van der Waals surface area contributed by atoms with Crippen molar-refractivity contribution in [2.24, 2.45) is 4.99 Å². The molecule has 1 heterocycles. The van der Waals surface area contributed by atoms with Gasteiger partial charge in [-0.05, 0) is 39.0 Å². The lowest BCUT2D eigenvalue weighted by molar-refractivity contribution is -0.274. The number of ether oxygens (including phenoxy) is 3. The van der Waals surface area contributed by atoms with Gasteiger partial charge < -0.3 is 19.1 Å². The van der Waals surface area contributed by atoms with Crippen LogP contribution in [0.15, 0.2) is 48.1 Å². The molecule has 2 rings (SSSR count). The highest BCUT2D eigenvalue weighted by Crippen LogP contribution is 2.25. The fraction of sp³-hybridized carbons (Fsp3) is 0.375. The molecule has 0 bridgehead atoms. The molecule has 34 heavy (non-hydrogen) atoms. The average molecular weight is 479 g/mol. The van der Waals surface area contributed by atoms with Gasteiger partial charge in [-0.1, -0.05) is 18.2 Å². The Bertz CT molecular complexity index is 1040. The summed E-state index contributed by atoms with van der Waals surface area (Å²) in [6.45, 7) is 11.6. The van der Waals surface area contributed by atoms with Gasteiger partial charge >= 0.3 is 6.36 Å². The second-order valence-electron chi connectivity index (χ2n) is 7.45. The first kappa shape index (κ1) is 26.7. The van der Waals surface area contributed by atoms with Crippen LogP contribution in [0.2, 0.25) is 0 Å². The highest BCUT2D eigenvalue weighted by atomic mass is 19.4. The summed E-state index contributed by atoms with van der Waals surface area (Å²) in [5.74, 6) is 0.137. The molecule has 0 saturated heterocycles. The average Bonchev–Trinajstić information content (AvgIpc) is 2.77. The van der Waals surface area contributed by atoms with Crippen molar-refractivity contribution in [1.82, 2.24) is 9.88 Å². The molecule has 0 aliphatic heterocycles.